The van der Waals surface area contributed by atoms with E-state index in [-0.39, 0.29) is 24.4 Å². The van der Waals surface area contributed by atoms with Crippen molar-refractivity contribution >= 4 is 17.7 Å². The normalized spacial score (nSPS) is 16.2. The van der Waals surface area contributed by atoms with Crippen LogP contribution in [0.15, 0.2) is 42.5 Å². The average Bonchev–Trinajstić information content (AvgIpc) is 3.41. The third kappa shape index (κ3) is 3.83. The number of rotatable bonds is 6. The summed E-state index contributed by atoms with van der Waals surface area (Å²) in [6.45, 7) is 2.05. The minimum atomic E-state index is -0.501. The number of hydrogen-bond acceptors (Lipinski definition) is 5. The zero-order chi connectivity index (χ0) is 19.7. The molecule has 0 saturated heterocycles. The van der Waals surface area contributed by atoms with E-state index in [1.165, 1.54) is 29.8 Å². The van der Waals surface area contributed by atoms with E-state index in [4.69, 9.17) is 9.47 Å². The fourth-order valence-corrected chi connectivity index (χ4v) is 3.28. The molecule has 144 valence electrons. The highest BCUT2D eigenvalue weighted by molar-refractivity contribution is 5.92. The van der Waals surface area contributed by atoms with Gasteiger partial charge in [-0.1, -0.05) is 29.8 Å². The van der Waals surface area contributed by atoms with Gasteiger partial charge in [-0.3, -0.25) is 14.9 Å². The lowest BCUT2D eigenvalue weighted by molar-refractivity contribution is -0.385. The number of benzene rings is 2. The lowest BCUT2D eigenvalue weighted by Crippen LogP contribution is -2.28. The number of aryl methyl sites for hydroxylation is 1. The molecule has 1 saturated carbocycles. The van der Waals surface area contributed by atoms with E-state index in [1.807, 2.05) is 31.2 Å². The smallest absolute Gasteiger partial charge is 0.280 e. The van der Waals surface area contributed by atoms with Crippen molar-refractivity contribution in [1.29, 1.82) is 0 Å². The molecule has 2 aromatic rings. The van der Waals surface area contributed by atoms with Crippen LogP contribution in [0.25, 0.3) is 6.08 Å². The molecule has 2 aliphatic rings. The molecular formula is C21H20N2O5. The van der Waals surface area contributed by atoms with Crippen molar-refractivity contribution in [1.82, 2.24) is 5.32 Å². The van der Waals surface area contributed by atoms with E-state index < -0.39 is 4.92 Å². The Bertz CT molecular complexity index is 948. The number of nitro groups is 1. The molecule has 2 aromatic carbocycles. The Morgan fingerprint density at radius 3 is 2.54 bits per heavy atom. The van der Waals surface area contributed by atoms with Crippen LogP contribution >= 0.6 is 0 Å². The van der Waals surface area contributed by atoms with E-state index >= 15 is 0 Å². The maximum atomic E-state index is 12.5. The van der Waals surface area contributed by atoms with Gasteiger partial charge in [0.25, 0.3) is 5.69 Å². The number of carbonyl (C=O) groups is 1. The molecule has 28 heavy (non-hydrogen) atoms. The molecule has 0 aromatic heterocycles. The second-order valence-electron chi connectivity index (χ2n) is 7.09. The highest BCUT2D eigenvalue weighted by Crippen LogP contribution is 2.41. The molecule has 4 rings (SSSR count). The second kappa shape index (κ2) is 7.34. The summed E-state index contributed by atoms with van der Waals surface area (Å²) in [5, 5.41) is 14.4. The van der Waals surface area contributed by atoms with E-state index in [1.54, 1.807) is 0 Å². The van der Waals surface area contributed by atoms with Gasteiger partial charge in [0.1, 0.15) is 0 Å². The molecular weight excluding hydrogens is 360 g/mol. The third-order valence-electron chi connectivity index (χ3n) is 4.96. The van der Waals surface area contributed by atoms with Gasteiger partial charge in [-0.2, -0.15) is 0 Å². The van der Waals surface area contributed by atoms with Crippen LogP contribution in [0.3, 0.4) is 0 Å². The summed E-state index contributed by atoms with van der Waals surface area (Å²) in [6.07, 6.45) is 4.93. The zero-order valence-corrected chi connectivity index (χ0v) is 15.4. The van der Waals surface area contributed by atoms with Crippen LogP contribution in [-0.2, 0) is 4.79 Å². The van der Waals surface area contributed by atoms with Crippen LogP contribution in [0.5, 0.6) is 11.5 Å². The molecule has 1 aliphatic heterocycles. The van der Waals surface area contributed by atoms with Crippen molar-refractivity contribution in [2.45, 2.75) is 25.8 Å². The van der Waals surface area contributed by atoms with Gasteiger partial charge in [-0.15, -0.1) is 0 Å². The molecule has 1 amide bonds. The number of fused-ring (bicyclic) bond motifs is 1. The predicted molar refractivity (Wildman–Crippen MR) is 103 cm³/mol. The van der Waals surface area contributed by atoms with E-state index in [0.717, 1.165) is 18.4 Å². The first-order valence-corrected chi connectivity index (χ1v) is 9.14. The number of amides is 1. The zero-order valence-electron chi connectivity index (χ0n) is 15.4. The lowest BCUT2D eigenvalue weighted by Gasteiger charge is -2.18. The topological polar surface area (TPSA) is 90.7 Å². The first-order valence-electron chi connectivity index (χ1n) is 9.14. The predicted octanol–water partition coefficient (Wildman–Crippen LogP) is 3.91. The Morgan fingerprint density at radius 1 is 1.21 bits per heavy atom. The van der Waals surface area contributed by atoms with Gasteiger partial charge < -0.3 is 14.8 Å². The SMILES string of the molecule is Cc1ccc([C@@H](NC(=O)/C=C/c2cc3c(cc2[N+](=O)[O-])OCO3)C2CC2)cc1. The molecule has 1 N–H and O–H groups in total. The fourth-order valence-electron chi connectivity index (χ4n) is 3.28. The van der Waals surface area contributed by atoms with Gasteiger partial charge in [0.2, 0.25) is 12.7 Å². The van der Waals surface area contributed by atoms with Crippen LogP contribution in [0.1, 0.15) is 35.6 Å². The standard InChI is InChI=1S/C21H20N2O5/c1-13-2-4-14(5-3-13)21(15-6-7-15)22-20(24)9-8-16-10-18-19(28-12-27-18)11-17(16)23(25)26/h2-5,8-11,15,21H,6-7,12H2,1H3,(H,22,24)/b9-8+/t21-/m1/s1. The summed E-state index contributed by atoms with van der Waals surface area (Å²) in [6, 6.07) is 10.9. The monoisotopic (exact) mass is 380 g/mol. The molecule has 1 fully saturated rings. The highest BCUT2D eigenvalue weighted by atomic mass is 16.7. The molecule has 0 spiro atoms. The molecule has 0 bridgehead atoms. The van der Waals surface area contributed by atoms with Crippen molar-refractivity contribution in [3.05, 3.63) is 69.3 Å². The Balaban J connectivity index is 1.52. The number of nitro benzene ring substituents is 1. The minimum Gasteiger partial charge on any atom is -0.454 e. The van der Waals surface area contributed by atoms with Crippen LogP contribution in [0.2, 0.25) is 0 Å². The molecule has 0 unspecified atom stereocenters. The molecule has 1 atom stereocenters. The van der Waals surface area contributed by atoms with Gasteiger partial charge in [0, 0.05) is 6.08 Å². The number of nitrogens with one attached hydrogen (secondary N) is 1. The summed E-state index contributed by atoms with van der Waals surface area (Å²) in [7, 11) is 0. The van der Waals surface area contributed by atoms with Crippen molar-refractivity contribution < 1.29 is 19.2 Å². The summed E-state index contributed by atoms with van der Waals surface area (Å²) in [4.78, 5) is 23.3. The van der Waals surface area contributed by atoms with Crippen LogP contribution in [0, 0.1) is 23.0 Å². The van der Waals surface area contributed by atoms with Crippen LogP contribution in [0.4, 0.5) is 5.69 Å². The number of nitrogens with zero attached hydrogens (tertiary/aromatic N) is 1. The average molecular weight is 380 g/mol. The van der Waals surface area contributed by atoms with Gasteiger partial charge >= 0.3 is 0 Å². The fraction of sp³-hybridized carbons (Fsp3) is 0.286. The number of hydrogen-bond donors (Lipinski definition) is 1. The van der Waals surface area contributed by atoms with Crippen LogP contribution in [-0.4, -0.2) is 17.6 Å². The Hall–Kier alpha value is -3.35. The summed E-state index contributed by atoms with van der Waals surface area (Å²) in [5.41, 5.74) is 2.40. The summed E-state index contributed by atoms with van der Waals surface area (Å²) in [5.74, 6) is 0.909. The minimum absolute atomic E-state index is 0.0275. The third-order valence-corrected chi connectivity index (χ3v) is 4.96. The second-order valence-corrected chi connectivity index (χ2v) is 7.09. The van der Waals surface area contributed by atoms with Gasteiger partial charge in [0.15, 0.2) is 11.5 Å². The van der Waals surface area contributed by atoms with E-state index in [0.29, 0.717) is 23.0 Å². The van der Waals surface area contributed by atoms with E-state index in [2.05, 4.69) is 5.32 Å². The Labute approximate surface area is 162 Å². The van der Waals surface area contributed by atoms with E-state index in [9.17, 15) is 14.9 Å². The highest BCUT2D eigenvalue weighted by Gasteiger charge is 2.33. The molecule has 7 heteroatoms. The van der Waals surface area contributed by atoms with Crippen molar-refractivity contribution in [3.8, 4) is 11.5 Å². The maximum absolute atomic E-state index is 12.5. The summed E-state index contributed by atoms with van der Waals surface area (Å²) >= 11 is 0. The van der Waals surface area contributed by atoms with Gasteiger partial charge in [-0.05, 0) is 43.4 Å². The van der Waals surface area contributed by atoms with Crippen LogP contribution < -0.4 is 14.8 Å². The largest absolute Gasteiger partial charge is 0.454 e. The molecule has 1 aliphatic carbocycles. The Kier molecular flexibility index (Phi) is 4.73. The van der Waals surface area contributed by atoms with Gasteiger partial charge in [0.05, 0.1) is 22.6 Å². The quantitative estimate of drug-likeness (QED) is 0.466. The number of ether oxygens (including phenoxy) is 2. The maximum Gasteiger partial charge on any atom is 0.280 e. The van der Waals surface area contributed by atoms with Crippen molar-refractivity contribution in [3.63, 3.8) is 0 Å². The molecule has 0 radical (unpaired) electrons. The number of carbonyl (C=O) groups excluding carboxylic acids is 1. The van der Waals surface area contributed by atoms with Crippen molar-refractivity contribution in [2.75, 3.05) is 6.79 Å². The first kappa shape index (κ1) is 18.0. The first-order chi connectivity index (χ1) is 13.5. The molecule has 1 heterocycles. The Morgan fingerprint density at radius 2 is 1.89 bits per heavy atom. The molecule has 7 nitrogen and oxygen atoms in total. The lowest BCUT2D eigenvalue weighted by atomic mass is 10.0. The summed E-state index contributed by atoms with van der Waals surface area (Å²) < 4.78 is 10.5. The van der Waals surface area contributed by atoms with Crippen molar-refractivity contribution in [2.24, 2.45) is 5.92 Å². The van der Waals surface area contributed by atoms with Gasteiger partial charge in [-0.25, -0.2) is 0 Å².